The summed E-state index contributed by atoms with van der Waals surface area (Å²) in [6, 6.07) is 8.62. The second-order valence-electron chi connectivity index (χ2n) is 10.8. The van der Waals surface area contributed by atoms with Crippen molar-refractivity contribution in [3.8, 4) is 5.75 Å². The van der Waals surface area contributed by atoms with E-state index >= 15 is 0 Å². The monoisotopic (exact) mass is 414 g/mol. The number of hydrogen-bond acceptors (Lipinski definition) is 2. The molecule has 1 aliphatic rings. The van der Waals surface area contributed by atoms with Gasteiger partial charge in [0.15, 0.2) is 0 Å². The molecule has 1 aromatic rings. The zero-order valence-electron chi connectivity index (χ0n) is 20.0. The molecule has 0 aromatic heterocycles. The molecule has 0 aliphatic carbocycles. The molecule has 0 N–H and O–H groups in total. The number of allylic oxidation sites excluding steroid dienone is 2. The van der Waals surface area contributed by atoms with Crippen molar-refractivity contribution in [3.63, 3.8) is 0 Å². The van der Waals surface area contributed by atoms with E-state index in [4.69, 9.17) is 9.42 Å². The Labute approximate surface area is 180 Å². The highest BCUT2D eigenvalue weighted by Crippen LogP contribution is 2.38. The number of aliphatic imine (C=N–C) groups is 1. The molecular formula is C25H42N2OSi. The average molecular weight is 415 g/mol. The smallest absolute Gasteiger partial charge is 0.250 e. The highest BCUT2D eigenvalue weighted by molar-refractivity contribution is 6.74. The summed E-state index contributed by atoms with van der Waals surface area (Å²) in [5, 5.41) is 0.208. The van der Waals surface area contributed by atoms with Crippen LogP contribution in [-0.4, -0.2) is 31.6 Å². The van der Waals surface area contributed by atoms with Crippen LogP contribution in [0.1, 0.15) is 72.8 Å². The van der Waals surface area contributed by atoms with Gasteiger partial charge in [0.25, 0.3) is 0 Å². The maximum Gasteiger partial charge on any atom is 0.250 e. The van der Waals surface area contributed by atoms with E-state index in [1.807, 2.05) is 0 Å². The third-order valence-electron chi connectivity index (χ3n) is 5.96. The molecule has 4 heteroatoms. The Morgan fingerprint density at radius 1 is 1.07 bits per heavy atom. The first-order valence-corrected chi connectivity index (χ1v) is 14.1. The molecule has 0 spiro atoms. The first-order chi connectivity index (χ1) is 13.4. The molecule has 1 aromatic carbocycles. The van der Waals surface area contributed by atoms with Crippen LogP contribution in [0, 0.1) is 0 Å². The third-order valence-corrected chi connectivity index (χ3v) is 10.3. The SMILES string of the molecule is CC(C)(C)N=CN1CCCC=C1CCCc1ccccc1O[Si](C)(C)C(C)(C)C. The summed E-state index contributed by atoms with van der Waals surface area (Å²) in [4.78, 5) is 7.07. The van der Waals surface area contributed by atoms with Gasteiger partial charge < -0.3 is 9.33 Å². The Kier molecular flexibility index (Phi) is 7.78. The maximum atomic E-state index is 6.63. The lowest BCUT2D eigenvalue weighted by atomic mass is 10.0. The molecule has 29 heavy (non-hydrogen) atoms. The lowest BCUT2D eigenvalue weighted by Crippen LogP contribution is -2.44. The van der Waals surface area contributed by atoms with Gasteiger partial charge in [-0.1, -0.05) is 45.0 Å². The standard InChI is InChI=1S/C25H42N2OSi/c1-24(2,3)26-20-27-19-12-11-16-22(27)17-13-15-21-14-9-10-18-23(21)28-29(7,8)25(4,5)6/h9-10,14,16,18,20H,11-13,15,17,19H2,1-8H3. The maximum absolute atomic E-state index is 6.63. The first-order valence-electron chi connectivity index (χ1n) is 11.2. The Hall–Kier alpha value is -1.55. The number of hydrogen-bond donors (Lipinski definition) is 0. The Morgan fingerprint density at radius 3 is 2.41 bits per heavy atom. The van der Waals surface area contributed by atoms with Gasteiger partial charge in [-0.2, -0.15) is 0 Å². The van der Waals surface area contributed by atoms with Gasteiger partial charge in [-0.05, 0) is 82.6 Å². The van der Waals surface area contributed by atoms with E-state index in [9.17, 15) is 0 Å². The van der Waals surface area contributed by atoms with E-state index in [-0.39, 0.29) is 10.6 Å². The number of para-hydroxylation sites is 1. The minimum Gasteiger partial charge on any atom is -0.543 e. The number of nitrogens with zero attached hydrogens (tertiary/aromatic N) is 2. The van der Waals surface area contributed by atoms with Gasteiger partial charge >= 0.3 is 0 Å². The van der Waals surface area contributed by atoms with Gasteiger partial charge in [-0.3, -0.25) is 4.99 Å². The van der Waals surface area contributed by atoms with E-state index in [1.165, 1.54) is 24.1 Å². The molecule has 0 radical (unpaired) electrons. The van der Waals surface area contributed by atoms with E-state index < -0.39 is 8.32 Å². The average Bonchev–Trinajstić information content (AvgIpc) is 2.60. The fourth-order valence-corrected chi connectivity index (χ4v) is 4.16. The Bertz CT molecular complexity index is 723. The van der Waals surface area contributed by atoms with Crippen LogP contribution in [-0.2, 0) is 6.42 Å². The van der Waals surface area contributed by atoms with Crippen molar-refractivity contribution < 1.29 is 4.43 Å². The number of benzene rings is 1. The van der Waals surface area contributed by atoms with E-state index in [1.54, 1.807) is 0 Å². The highest BCUT2D eigenvalue weighted by Gasteiger charge is 2.39. The lowest BCUT2D eigenvalue weighted by molar-refractivity contribution is 0.446. The van der Waals surface area contributed by atoms with Crippen molar-refractivity contribution in [2.24, 2.45) is 4.99 Å². The topological polar surface area (TPSA) is 24.8 Å². The predicted molar refractivity (Wildman–Crippen MR) is 129 cm³/mol. The Morgan fingerprint density at radius 2 is 1.76 bits per heavy atom. The van der Waals surface area contributed by atoms with Gasteiger partial charge in [-0.25, -0.2) is 0 Å². The molecule has 0 amide bonds. The Balaban J connectivity index is 2.02. The van der Waals surface area contributed by atoms with Crippen molar-refractivity contribution in [2.75, 3.05) is 6.54 Å². The van der Waals surface area contributed by atoms with Gasteiger partial charge in [0, 0.05) is 12.2 Å². The van der Waals surface area contributed by atoms with Crippen molar-refractivity contribution >= 4 is 14.7 Å². The molecule has 162 valence electrons. The van der Waals surface area contributed by atoms with Crippen LogP contribution in [0.2, 0.25) is 18.1 Å². The second-order valence-corrected chi connectivity index (χ2v) is 15.5. The highest BCUT2D eigenvalue weighted by atomic mass is 28.4. The summed E-state index contributed by atoms with van der Waals surface area (Å²) in [6.45, 7) is 19.1. The summed E-state index contributed by atoms with van der Waals surface area (Å²) in [5.41, 5.74) is 2.73. The zero-order chi connectivity index (χ0) is 21.7. The van der Waals surface area contributed by atoms with Crippen LogP contribution < -0.4 is 4.43 Å². The number of aryl methyl sites for hydroxylation is 1. The first kappa shape index (κ1) is 23.7. The van der Waals surface area contributed by atoms with Crippen molar-refractivity contribution in [1.29, 1.82) is 0 Å². The molecule has 0 saturated heterocycles. The van der Waals surface area contributed by atoms with Crippen LogP contribution in [0.5, 0.6) is 5.75 Å². The van der Waals surface area contributed by atoms with E-state index in [2.05, 4.69) is 96.2 Å². The summed E-state index contributed by atoms with van der Waals surface area (Å²) in [5.74, 6) is 1.09. The fourth-order valence-electron chi connectivity index (χ4n) is 3.11. The van der Waals surface area contributed by atoms with Gasteiger partial charge in [0.05, 0.1) is 11.9 Å². The van der Waals surface area contributed by atoms with E-state index in [0.29, 0.717) is 0 Å². The summed E-state index contributed by atoms with van der Waals surface area (Å²) in [7, 11) is -1.83. The summed E-state index contributed by atoms with van der Waals surface area (Å²) < 4.78 is 6.63. The minimum atomic E-state index is -1.83. The molecule has 1 heterocycles. The summed E-state index contributed by atoms with van der Waals surface area (Å²) >= 11 is 0. The van der Waals surface area contributed by atoms with Gasteiger partial charge in [0.2, 0.25) is 8.32 Å². The molecule has 2 rings (SSSR count). The van der Waals surface area contributed by atoms with Crippen LogP contribution >= 0.6 is 0 Å². The van der Waals surface area contributed by atoms with Crippen LogP contribution in [0.3, 0.4) is 0 Å². The molecule has 0 saturated carbocycles. The summed E-state index contributed by atoms with van der Waals surface area (Å²) in [6.07, 6.45) is 10.1. The predicted octanol–water partition coefficient (Wildman–Crippen LogP) is 7.20. The van der Waals surface area contributed by atoms with Gasteiger partial charge in [0.1, 0.15) is 5.75 Å². The molecular weight excluding hydrogens is 372 g/mol. The van der Waals surface area contributed by atoms with Crippen LogP contribution in [0.4, 0.5) is 0 Å². The number of rotatable bonds is 7. The fraction of sp³-hybridized carbons (Fsp3) is 0.640. The molecule has 0 atom stereocenters. The largest absolute Gasteiger partial charge is 0.543 e. The van der Waals surface area contributed by atoms with Crippen LogP contribution in [0.25, 0.3) is 0 Å². The van der Waals surface area contributed by atoms with Crippen molar-refractivity contribution in [3.05, 3.63) is 41.6 Å². The second kappa shape index (κ2) is 9.50. The molecule has 0 unspecified atom stereocenters. The van der Waals surface area contributed by atoms with Crippen molar-refractivity contribution in [2.45, 2.75) is 97.3 Å². The normalized spacial score (nSPS) is 16.3. The molecule has 3 nitrogen and oxygen atoms in total. The molecule has 0 bridgehead atoms. The minimum absolute atomic E-state index is 0.0252. The third kappa shape index (κ3) is 7.33. The molecule has 0 fully saturated rings. The molecule has 1 aliphatic heterocycles. The lowest BCUT2D eigenvalue weighted by Gasteiger charge is -2.37. The quantitative estimate of drug-likeness (QED) is 0.268. The van der Waals surface area contributed by atoms with E-state index in [0.717, 1.165) is 31.6 Å². The zero-order valence-corrected chi connectivity index (χ0v) is 21.0. The van der Waals surface area contributed by atoms with Gasteiger partial charge in [-0.15, -0.1) is 0 Å². The van der Waals surface area contributed by atoms with Crippen LogP contribution in [0.15, 0.2) is 41.0 Å². The van der Waals surface area contributed by atoms with Crippen molar-refractivity contribution in [1.82, 2.24) is 4.90 Å².